The average Bonchev–Trinajstić information content (AvgIpc) is 1.98. The van der Waals surface area contributed by atoms with Crippen LogP contribution in [0.4, 0.5) is 0 Å². The SMILES string of the molecule is CCC(NC(C)N)[Si](O)OC. The van der Waals surface area contributed by atoms with Crippen LogP contribution < -0.4 is 11.1 Å². The van der Waals surface area contributed by atoms with Crippen molar-refractivity contribution < 1.29 is 9.22 Å². The van der Waals surface area contributed by atoms with Crippen LogP contribution in [0.5, 0.6) is 0 Å². The van der Waals surface area contributed by atoms with Gasteiger partial charge in [0, 0.05) is 7.11 Å². The molecular weight excluding hydrogens is 160 g/mol. The Morgan fingerprint density at radius 2 is 2.27 bits per heavy atom. The molecule has 0 aliphatic heterocycles. The zero-order chi connectivity index (χ0) is 8.85. The van der Waals surface area contributed by atoms with Crippen molar-refractivity contribution in [2.75, 3.05) is 7.11 Å². The Hall–Kier alpha value is 0.0569. The van der Waals surface area contributed by atoms with E-state index in [0.29, 0.717) is 0 Å². The van der Waals surface area contributed by atoms with Crippen molar-refractivity contribution >= 4 is 9.28 Å². The first kappa shape index (κ1) is 11.1. The molecule has 4 N–H and O–H groups in total. The molecule has 67 valence electrons. The molecule has 0 aromatic rings. The van der Waals surface area contributed by atoms with Gasteiger partial charge in [0.2, 0.25) is 0 Å². The van der Waals surface area contributed by atoms with Gasteiger partial charge in [0.25, 0.3) is 0 Å². The lowest BCUT2D eigenvalue weighted by molar-refractivity contribution is 0.295. The van der Waals surface area contributed by atoms with Crippen LogP contribution in [-0.2, 0) is 4.43 Å². The van der Waals surface area contributed by atoms with E-state index in [1.807, 2.05) is 13.8 Å². The van der Waals surface area contributed by atoms with Crippen molar-refractivity contribution in [3.8, 4) is 0 Å². The smallest absolute Gasteiger partial charge is 0.400 e. The number of nitrogens with two attached hydrogens (primary N) is 1. The zero-order valence-corrected chi connectivity index (χ0v) is 8.29. The van der Waals surface area contributed by atoms with Crippen molar-refractivity contribution in [1.82, 2.24) is 5.32 Å². The zero-order valence-electron chi connectivity index (χ0n) is 7.29. The minimum atomic E-state index is -1.70. The Morgan fingerprint density at radius 1 is 1.73 bits per heavy atom. The minimum absolute atomic E-state index is 0.0185. The summed E-state index contributed by atoms with van der Waals surface area (Å²) in [5.74, 6) is 0. The van der Waals surface area contributed by atoms with Crippen molar-refractivity contribution in [1.29, 1.82) is 0 Å². The number of hydrogen-bond donors (Lipinski definition) is 3. The molecule has 0 heterocycles. The van der Waals surface area contributed by atoms with Crippen LogP contribution in [0.1, 0.15) is 20.3 Å². The Balaban J connectivity index is 3.74. The second-order valence-corrected chi connectivity index (χ2v) is 4.24. The van der Waals surface area contributed by atoms with Crippen molar-refractivity contribution in [2.24, 2.45) is 5.73 Å². The summed E-state index contributed by atoms with van der Waals surface area (Å²) in [7, 11) is -0.191. The lowest BCUT2D eigenvalue weighted by atomic mass is 10.4. The summed E-state index contributed by atoms with van der Waals surface area (Å²) in [5, 5.41) is 3.03. The fraction of sp³-hybridized carbons (Fsp3) is 1.00. The molecule has 0 spiro atoms. The molecule has 0 rings (SSSR count). The van der Waals surface area contributed by atoms with Gasteiger partial charge in [-0.2, -0.15) is 0 Å². The maximum absolute atomic E-state index is 9.33. The molecule has 0 aliphatic carbocycles. The lowest BCUT2D eigenvalue weighted by Crippen LogP contribution is -2.50. The molecule has 5 heteroatoms. The first-order chi connectivity index (χ1) is 5.11. The van der Waals surface area contributed by atoms with Crippen molar-refractivity contribution in [3.05, 3.63) is 0 Å². The quantitative estimate of drug-likeness (QED) is 0.385. The van der Waals surface area contributed by atoms with Crippen LogP contribution in [0.3, 0.4) is 0 Å². The van der Waals surface area contributed by atoms with Crippen LogP contribution in [0, 0.1) is 0 Å². The summed E-state index contributed by atoms with van der Waals surface area (Å²) in [5.41, 5.74) is 5.52. The fourth-order valence-corrected chi connectivity index (χ4v) is 1.86. The summed E-state index contributed by atoms with van der Waals surface area (Å²) in [4.78, 5) is 9.33. The Kier molecular flexibility index (Phi) is 5.70. The van der Waals surface area contributed by atoms with Crippen LogP contribution in [0.25, 0.3) is 0 Å². The molecule has 0 aromatic carbocycles. The molecule has 0 saturated heterocycles. The van der Waals surface area contributed by atoms with Gasteiger partial charge in [-0.1, -0.05) is 6.92 Å². The molecule has 4 nitrogen and oxygen atoms in total. The highest BCUT2D eigenvalue weighted by Crippen LogP contribution is 1.95. The molecule has 2 unspecified atom stereocenters. The van der Waals surface area contributed by atoms with Crippen LogP contribution in [0.2, 0.25) is 0 Å². The summed E-state index contributed by atoms with van der Waals surface area (Å²) in [6, 6.07) is 0. The number of hydrogen-bond acceptors (Lipinski definition) is 4. The van der Waals surface area contributed by atoms with E-state index >= 15 is 0 Å². The van der Waals surface area contributed by atoms with E-state index in [2.05, 4.69) is 5.32 Å². The Labute approximate surface area is 69.6 Å². The third-order valence-corrected chi connectivity index (χ3v) is 2.97. The molecule has 0 saturated carbocycles. The maximum Gasteiger partial charge on any atom is 0.400 e. The largest absolute Gasteiger partial charge is 0.409 e. The van der Waals surface area contributed by atoms with Gasteiger partial charge in [0.15, 0.2) is 0 Å². The normalized spacial score (nSPS) is 16.9. The molecule has 1 radical (unpaired) electrons. The molecule has 0 amide bonds. The van der Waals surface area contributed by atoms with Crippen LogP contribution >= 0.6 is 0 Å². The monoisotopic (exact) mass is 177 g/mol. The predicted octanol–water partition coefficient (Wildman–Crippen LogP) is -0.675. The molecule has 0 bridgehead atoms. The van der Waals surface area contributed by atoms with Gasteiger partial charge in [0.05, 0.1) is 11.8 Å². The van der Waals surface area contributed by atoms with Gasteiger partial charge in [-0.05, 0) is 13.3 Å². The minimum Gasteiger partial charge on any atom is -0.409 e. The molecule has 0 aromatic heterocycles. The van der Waals surface area contributed by atoms with Gasteiger partial charge >= 0.3 is 9.28 Å². The summed E-state index contributed by atoms with van der Waals surface area (Å²) in [6.45, 7) is 3.83. The van der Waals surface area contributed by atoms with Gasteiger partial charge in [-0.25, -0.2) is 0 Å². The summed E-state index contributed by atoms with van der Waals surface area (Å²) in [6.07, 6.45) is 0.738. The number of nitrogens with one attached hydrogen (secondary N) is 1. The number of rotatable bonds is 5. The van der Waals surface area contributed by atoms with E-state index in [9.17, 15) is 4.80 Å². The Morgan fingerprint density at radius 3 is 2.55 bits per heavy atom. The van der Waals surface area contributed by atoms with E-state index in [4.69, 9.17) is 10.2 Å². The van der Waals surface area contributed by atoms with Gasteiger partial charge in [0.1, 0.15) is 0 Å². The summed E-state index contributed by atoms with van der Waals surface area (Å²) >= 11 is 0. The molecule has 2 atom stereocenters. The van der Waals surface area contributed by atoms with Crippen LogP contribution in [-0.4, -0.2) is 33.0 Å². The van der Waals surface area contributed by atoms with Crippen LogP contribution in [0.15, 0.2) is 0 Å². The van der Waals surface area contributed by atoms with E-state index < -0.39 is 9.28 Å². The van der Waals surface area contributed by atoms with E-state index in [0.717, 1.165) is 6.42 Å². The summed E-state index contributed by atoms with van der Waals surface area (Å²) < 4.78 is 4.84. The highest BCUT2D eigenvalue weighted by molar-refractivity contribution is 6.44. The van der Waals surface area contributed by atoms with E-state index in [1.54, 1.807) is 0 Å². The standard InChI is InChI=1S/C6H17N2O2Si/c1-4-6(8-5(2)7)11(9)10-3/h5-6,8-9H,4,7H2,1-3H3. The highest BCUT2D eigenvalue weighted by Gasteiger charge is 2.22. The van der Waals surface area contributed by atoms with E-state index in [-0.39, 0.29) is 11.8 Å². The molecule has 11 heavy (non-hydrogen) atoms. The van der Waals surface area contributed by atoms with E-state index in [1.165, 1.54) is 7.11 Å². The first-order valence-electron chi connectivity index (χ1n) is 3.73. The fourth-order valence-electron chi connectivity index (χ4n) is 0.823. The molecular formula is C6H17N2O2Si. The van der Waals surface area contributed by atoms with Gasteiger partial charge in [-0.15, -0.1) is 0 Å². The second-order valence-electron chi connectivity index (χ2n) is 2.46. The van der Waals surface area contributed by atoms with Gasteiger partial charge < -0.3 is 15.0 Å². The van der Waals surface area contributed by atoms with Gasteiger partial charge in [-0.3, -0.25) is 5.32 Å². The average molecular weight is 177 g/mol. The predicted molar refractivity (Wildman–Crippen MR) is 45.8 cm³/mol. The topological polar surface area (TPSA) is 67.5 Å². The van der Waals surface area contributed by atoms with Crippen molar-refractivity contribution in [2.45, 2.75) is 32.1 Å². The Bertz CT molecular complexity index is 103. The maximum atomic E-state index is 9.33. The van der Waals surface area contributed by atoms with Crippen molar-refractivity contribution in [3.63, 3.8) is 0 Å². The molecule has 0 aliphatic rings. The second kappa shape index (κ2) is 5.67. The third kappa shape index (κ3) is 4.49. The third-order valence-electron chi connectivity index (χ3n) is 1.38. The highest BCUT2D eigenvalue weighted by atomic mass is 28.3. The first-order valence-corrected chi connectivity index (χ1v) is 5.16. The molecule has 0 fully saturated rings. The lowest BCUT2D eigenvalue weighted by Gasteiger charge is -2.20.